The van der Waals surface area contributed by atoms with Crippen molar-refractivity contribution in [3.63, 3.8) is 0 Å². The van der Waals surface area contributed by atoms with Crippen molar-refractivity contribution in [3.8, 4) is 0 Å². The second-order valence-electron chi connectivity index (χ2n) is 6.02. The molecule has 1 heterocycles. The molecule has 1 N–H and O–H groups in total. The fourth-order valence-corrected chi connectivity index (χ4v) is 3.11. The van der Waals surface area contributed by atoms with Crippen molar-refractivity contribution in [3.05, 3.63) is 35.4 Å². The third-order valence-electron chi connectivity index (χ3n) is 4.68. The highest BCUT2D eigenvalue weighted by Gasteiger charge is 2.20. The minimum atomic E-state index is -0.334. The molecule has 2 nitrogen and oxygen atoms in total. The zero-order valence-electron chi connectivity index (χ0n) is 11.6. The van der Waals surface area contributed by atoms with Gasteiger partial charge in [0.2, 0.25) is 0 Å². The lowest BCUT2D eigenvalue weighted by Gasteiger charge is -2.26. The van der Waals surface area contributed by atoms with Crippen LogP contribution in [0.4, 0.5) is 0 Å². The highest BCUT2D eigenvalue weighted by atomic mass is 16.5. The summed E-state index contributed by atoms with van der Waals surface area (Å²) in [7, 11) is 0. The summed E-state index contributed by atoms with van der Waals surface area (Å²) in [5.41, 5.74) is 2.50. The molecule has 1 aliphatic carbocycles. The first kappa shape index (κ1) is 13.1. The van der Waals surface area contributed by atoms with Gasteiger partial charge in [-0.1, -0.05) is 30.7 Å². The van der Waals surface area contributed by atoms with Crippen LogP contribution in [0.25, 0.3) is 0 Å². The third kappa shape index (κ3) is 3.18. The Kier molecular flexibility index (Phi) is 4.19. The van der Waals surface area contributed by atoms with E-state index in [-0.39, 0.29) is 6.10 Å². The van der Waals surface area contributed by atoms with Gasteiger partial charge in [-0.05, 0) is 55.6 Å². The predicted octanol–water partition coefficient (Wildman–Crippen LogP) is 3.95. The highest BCUT2D eigenvalue weighted by Crippen LogP contribution is 2.36. The van der Waals surface area contributed by atoms with Crippen LogP contribution in [0.15, 0.2) is 24.3 Å². The fraction of sp³-hybridized carbons (Fsp3) is 0.647. The maximum Gasteiger partial charge on any atom is 0.0791 e. The Morgan fingerprint density at radius 3 is 2.47 bits per heavy atom. The molecule has 1 aromatic carbocycles. The van der Waals surface area contributed by atoms with Crippen molar-refractivity contribution >= 4 is 0 Å². The first-order valence-corrected chi connectivity index (χ1v) is 7.72. The molecule has 1 aromatic rings. The Hall–Kier alpha value is -0.860. The maximum absolute atomic E-state index is 10.2. The summed E-state index contributed by atoms with van der Waals surface area (Å²) in [6.07, 6.45) is 8.21. The van der Waals surface area contributed by atoms with Crippen LogP contribution >= 0.6 is 0 Å². The molecule has 0 spiro atoms. The highest BCUT2D eigenvalue weighted by molar-refractivity contribution is 5.27. The van der Waals surface area contributed by atoms with Crippen molar-refractivity contribution in [1.82, 2.24) is 0 Å². The van der Waals surface area contributed by atoms with E-state index in [0.29, 0.717) is 6.10 Å². The fourth-order valence-electron chi connectivity index (χ4n) is 3.11. The Bertz CT molecular complexity index is 388. The smallest absolute Gasteiger partial charge is 0.0791 e. The normalized spacial score (nSPS) is 25.2. The number of aliphatic hydroxyl groups is 1. The Labute approximate surface area is 115 Å². The molecule has 1 saturated carbocycles. The molecule has 0 amide bonds. The monoisotopic (exact) mass is 260 g/mol. The lowest BCUT2D eigenvalue weighted by atomic mass is 9.80. The SMILES string of the molecule is OC(CCC1CCCO1)c1ccc(C2CCC2)cc1. The molecular weight excluding hydrogens is 236 g/mol. The molecular formula is C17H24O2. The standard InChI is InChI=1S/C17H24O2/c18-17(11-10-16-5-2-12-19-16)15-8-6-14(7-9-15)13-3-1-4-13/h6-9,13,16-18H,1-5,10-12H2. The van der Waals surface area contributed by atoms with Crippen LogP contribution < -0.4 is 0 Å². The van der Waals surface area contributed by atoms with E-state index >= 15 is 0 Å². The molecule has 0 radical (unpaired) electrons. The van der Waals surface area contributed by atoms with Gasteiger partial charge in [0.15, 0.2) is 0 Å². The average Bonchev–Trinajstić information content (AvgIpc) is 2.88. The second kappa shape index (κ2) is 6.06. The Morgan fingerprint density at radius 2 is 1.89 bits per heavy atom. The lowest BCUT2D eigenvalue weighted by Crippen LogP contribution is -2.10. The number of hydrogen-bond donors (Lipinski definition) is 1. The number of ether oxygens (including phenoxy) is 1. The predicted molar refractivity (Wildman–Crippen MR) is 76.2 cm³/mol. The van der Waals surface area contributed by atoms with E-state index in [2.05, 4.69) is 24.3 Å². The molecule has 2 heteroatoms. The number of aliphatic hydroxyl groups excluding tert-OH is 1. The number of hydrogen-bond acceptors (Lipinski definition) is 2. The second-order valence-corrected chi connectivity index (χ2v) is 6.02. The van der Waals surface area contributed by atoms with E-state index in [4.69, 9.17) is 4.74 Å². The van der Waals surface area contributed by atoms with Crippen LogP contribution in [0.1, 0.15) is 68.1 Å². The topological polar surface area (TPSA) is 29.5 Å². The summed E-state index contributed by atoms with van der Waals surface area (Å²) in [4.78, 5) is 0. The van der Waals surface area contributed by atoms with Gasteiger partial charge in [0.25, 0.3) is 0 Å². The summed E-state index contributed by atoms with van der Waals surface area (Å²) in [6, 6.07) is 8.62. The lowest BCUT2D eigenvalue weighted by molar-refractivity contribution is 0.0812. The van der Waals surface area contributed by atoms with Gasteiger partial charge in [0, 0.05) is 6.61 Å². The molecule has 2 unspecified atom stereocenters. The first-order valence-electron chi connectivity index (χ1n) is 7.72. The van der Waals surface area contributed by atoms with Crippen molar-refractivity contribution in [2.75, 3.05) is 6.61 Å². The summed E-state index contributed by atoms with van der Waals surface area (Å²) < 4.78 is 5.60. The van der Waals surface area contributed by atoms with Gasteiger partial charge in [0.05, 0.1) is 12.2 Å². The molecule has 0 bridgehead atoms. The van der Waals surface area contributed by atoms with Crippen LogP contribution in [-0.4, -0.2) is 17.8 Å². The molecule has 1 aliphatic heterocycles. The number of benzene rings is 1. The summed E-state index contributed by atoms with van der Waals surface area (Å²) >= 11 is 0. The van der Waals surface area contributed by atoms with Crippen molar-refractivity contribution in [2.45, 2.75) is 63.1 Å². The molecule has 104 valence electrons. The van der Waals surface area contributed by atoms with E-state index in [0.717, 1.165) is 37.4 Å². The van der Waals surface area contributed by atoms with Crippen molar-refractivity contribution < 1.29 is 9.84 Å². The van der Waals surface area contributed by atoms with Gasteiger partial charge < -0.3 is 9.84 Å². The molecule has 0 aromatic heterocycles. The molecule has 2 atom stereocenters. The van der Waals surface area contributed by atoms with Gasteiger partial charge in [-0.3, -0.25) is 0 Å². The van der Waals surface area contributed by atoms with E-state index in [1.807, 2.05) is 0 Å². The quantitative estimate of drug-likeness (QED) is 0.868. The zero-order chi connectivity index (χ0) is 13.1. The molecule has 3 rings (SSSR count). The first-order chi connectivity index (χ1) is 9.33. The van der Waals surface area contributed by atoms with E-state index in [1.165, 1.54) is 31.2 Å². The average molecular weight is 260 g/mol. The zero-order valence-corrected chi connectivity index (χ0v) is 11.6. The van der Waals surface area contributed by atoms with Crippen LogP contribution in [0, 0.1) is 0 Å². The van der Waals surface area contributed by atoms with Crippen LogP contribution in [0.3, 0.4) is 0 Å². The van der Waals surface area contributed by atoms with Crippen molar-refractivity contribution in [1.29, 1.82) is 0 Å². The van der Waals surface area contributed by atoms with Gasteiger partial charge in [0.1, 0.15) is 0 Å². The molecule has 2 aliphatic rings. The van der Waals surface area contributed by atoms with Gasteiger partial charge in [-0.25, -0.2) is 0 Å². The molecule has 2 fully saturated rings. The van der Waals surface area contributed by atoms with E-state index < -0.39 is 0 Å². The van der Waals surface area contributed by atoms with Crippen LogP contribution in [0.5, 0.6) is 0 Å². The third-order valence-corrected chi connectivity index (χ3v) is 4.68. The van der Waals surface area contributed by atoms with Gasteiger partial charge >= 0.3 is 0 Å². The van der Waals surface area contributed by atoms with Gasteiger partial charge in [-0.2, -0.15) is 0 Å². The van der Waals surface area contributed by atoms with Gasteiger partial charge in [-0.15, -0.1) is 0 Å². The summed E-state index contributed by atoms with van der Waals surface area (Å²) in [5, 5.41) is 10.2. The van der Waals surface area contributed by atoms with Crippen molar-refractivity contribution in [2.24, 2.45) is 0 Å². The number of rotatable bonds is 5. The largest absolute Gasteiger partial charge is 0.388 e. The molecule has 19 heavy (non-hydrogen) atoms. The minimum Gasteiger partial charge on any atom is -0.388 e. The Balaban J connectivity index is 1.52. The molecule has 1 saturated heterocycles. The minimum absolute atomic E-state index is 0.334. The van der Waals surface area contributed by atoms with E-state index in [1.54, 1.807) is 0 Å². The van der Waals surface area contributed by atoms with Crippen LogP contribution in [-0.2, 0) is 4.74 Å². The van der Waals surface area contributed by atoms with E-state index in [9.17, 15) is 5.11 Å². The maximum atomic E-state index is 10.2. The summed E-state index contributed by atoms with van der Waals surface area (Å²) in [6.45, 7) is 0.900. The summed E-state index contributed by atoms with van der Waals surface area (Å²) in [5.74, 6) is 0.776. The Morgan fingerprint density at radius 1 is 1.11 bits per heavy atom. The van der Waals surface area contributed by atoms with Crippen LogP contribution in [0.2, 0.25) is 0 Å².